The topological polar surface area (TPSA) is 107 Å². The number of amides is 2. The lowest BCUT2D eigenvalue weighted by Crippen LogP contribution is -2.23. The van der Waals surface area contributed by atoms with E-state index in [1.165, 1.54) is 13.2 Å². The van der Waals surface area contributed by atoms with Crippen molar-refractivity contribution < 1.29 is 14.3 Å². The number of nitrogens with two attached hydrogens (primary N) is 2. The molecule has 1 aromatic carbocycles. The fraction of sp³-hybridized carbons (Fsp3) is 0.429. The highest BCUT2D eigenvalue weighted by Crippen LogP contribution is 2.29. The zero-order valence-corrected chi connectivity index (χ0v) is 11.4. The van der Waals surface area contributed by atoms with Crippen LogP contribution in [-0.2, 0) is 4.79 Å². The second-order valence-corrected chi connectivity index (χ2v) is 5.04. The van der Waals surface area contributed by atoms with E-state index in [2.05, 4.69) is 5.32 Å². The number of hydrogen-bond acceptors (Lipinski definition) is 4. The quantitative estimate of drug-likeness (QED) is 0.758. The molecular formula is C14H19N3O3. The Labute approximate surface area is 117 Å². The molecule has 1 aliphatic rings. The minimum atomic E-state index is -0.550. The standard InChI is InChI=1S/C14H19N3O3/c1-20-12-5-3-8(13(16)18)7-11(12)17-14(19)9-2-4-10(15)6-9/h3,5,7,9-10H,2,4,6,15H2,1H3,(H2,16,18)(H,17,19). The van der Waals surface area contributed by atoms with Crippen LogP contribution in [0.4, 0.5) is 5.69 Å². The van der Waals surface area contributed by atoms with E-state index in [4.69, 9.17) is 16.2 Å². The molecule has 5 N–H and O–H groups in total. The van der Waals surface area contributed by atoms with Crippen molar-refractivity contribution in [3.05, 3.63) is 23.8 Å². The Morgan fingerprint density at radius 3 is 2.65 bits per heavy atom. The number of carbonyl (C=O) groups is 2. The van der Waals surface area contributed by atoms with Gasteiger partial charge in [-0.3, -0.25) is 9.59 Å². The third-order valence-corrected chi connectivity index (χ3v) is 3.59. The fourth-order valence-electron chi connectivity index (χ4n) is 2.45. The van der Waals surface area contributed by atoms with E-state index in [9.17, 15) is 9.59 Å². The zero-order valence-electron chi connectivity index (χ0n) is 11.4. The number of ether oxygens (including phenoxy) is 1. The average Bonchev–Trinajstić information content (AvgIpc) is 2.85. The fourth-order valence-corrected chi connectivity index (χ4v) is 2.45. The van der Waals surface area contributed by atoms with Crippen LogP contribution >= 0.6 is 0 Å². The Hall–Kier alpha value is -2.08. The minimum Gasteiger partial charge on any atom is -0.495 e. The van der Waals surface area contributed by atoms with Gasteiger partial charge in [-0.25, -0.2) is 0 Å². The molecule has 0 spiro atoms. The lowest BCUT2D eigenvalue weighted by Gasteiger charge is -2.14. The maximum absolute atomic E-state index is 12.2. The highest BCUT2D eigenvalue weighted by atomic mass is 16.5. The van der Waals surface area contributed by atoms with Crippen molar-refractivity contribution in [2.24, 2.45) is 17.4 Å². The molecule has 0 heterocycles. The van der Waals surface area contributed by atoms with Crippen molar-refractivity contribution in [3.63, 3.8) is 0 Å². The number of benzene rings is 1. The molecule has 1 aromatic rings. The van der Waals surface area contributed by atoms with E-state index in [0.717, 1.165) is 12.8 Å². The molecule has 0 aliphatic heterocycles. The Bertz CT molecular complexity index is 530. The first-order valence-electron chi connectivity index (χ1n) is 6.55. The van der Waals surface area contributed by atoms with E-state index in [1.807, 2.05) is 0 Å². The van der Waals surface area contributed by atoms with E-state index >= 15 is 0 Å². The molecule has 2 rings (SSSR count). The van der Waals surface area contributed by atoms with Crippen molar-refractivity contribution in [2.45, 2.75) is 25.3 Å². The smallest absolute Gasteiger partial charge is 0.248 e. The second-order valence-electron chi connectivity index (χ2n) is 5.04. The Morgan fingerprint density at radius 2 is 2.10 bits per heavy atom. The van der Waals surface area contributed by atoms with Gasteiger partial charge in [0, 0.05) is 17.5 Å². The van der Waals surface area contributed by atoms with Gasteiger partial charge in [-0.2, -0.15) is 0 Å². The summed E-state index contributed by atoms with van der Waals surface area (Å²) in [6, 6.07) is 4.77. The second kappa shape index (κ2) is 5.92. The summed E-state index contributed by atoms with van der Waals surface area (Å²) in [5.74, 6) is -0.249. The van der Waals surface area contributed by atoms with Crippen molar-refractivity contribution in [1.82, 2.24) is 0 Å². The van der Waals surface area contributed by atoms with E-state index < -0.39 is 5.91 Å². The summed E-state index contributed by atoms with van der Waals surface area (Å²) in [5.41, 5.74) is 11.8. The van der Waals surface area contributed by atoms with Crippen LogP contribution in [0.15, 0.2) is 18.2 Å². The predicted octanol–water partition coefficient (Wildman–Crippen LogP) is 0.860. The summed E-state index contributed by atoms with van der Waals surface area (Å²) in [4.78, 5) is 23.4. The molecule has 2 unspecified atom stereocenters. The molecule has 6 heteroatoms. The summed E-state index contributed by atoms with van der Waals surface area (Å²) in [5, 5.41) is 2.79. The lowest BCUT2D eigenvalue weighted by molar-refractivity contribution is -0.119. The highest BCUT2D eigenvalue weighted by Gasteiger charge is 2.28. The predicted molar refractivity (Wildman–Crippen MR) is 75.5 cm³/mol. The minimum absolute atomic E-state index is 0.0876. The van der Waals surface area contributed by atoms with Gasteiger partial charge in [-0.1, -0.05) is 0 Å². The first-order valence-corrected chi connectivity index (χ1v) is 6.55. The molecule has 2 amide bonds. The number of nitrogens with one attached hydrogen (secondary N) is 1. The van der Waals surface area contributed by atoms with Crippen molar-refractivity contribution in [3.8, 4) is 5.75 Å². The van der Waals surface area contributed by atoms with Gasteiger partial charge in [0.15, 0.2) is 0 Å². The van der Waals surface area contributed by atoms with Crippen molar-refractivity contribution >= 4 is 17.5 Å². The molecule has 1 aliphatic carbocycles. The van der Waals surface area contributed by atoms with E-state index in [0.29, 0.717) is 23.4 Å². The van der Waals surface area contributed by atoms with E-state index in [-0.39, 0.29) is 17.9 Å². The molecule has 108 valence electrons. The molecule has 0 saturated heterocycles. The number of anilines is 1. The number of rotatable bonds is 4. The molecule has 1 fully saturated rings. The van der Waals surface area contributed by atoms with Gasteiger partial charge in [-0.15, -0.1) is 0 Å². The van der Waals surface area contributed by atoms with Crippen LogP contribution in [0.5, 0.6) is 5.75 Å². The molecule has 0 radical (unpaired) electrons. The van der Waals surface area contributed by atoms with Crippen molar-refractivity contribution in [1.29, 1.82) is 0 Å². The molecular weight excluding hydrogens is 258 g/mol. The van der Waals surface area contributed by atoms with Crippen LogP contribution in [-0.4, -0.2) is 25.0 Å². The Morgan fingerprint density at radius 1 is 1.35 bits per heavy atom. The third-order valence-electron chi connectivity index (χ3n) is 3.59. The summed E-state index contributed by atoms with van der Waals surface area (Å²) in [7, 11) is 1.50. The van der Waals surface area contributed by atoms with Crippen LogP contribution in [0.2, 0.25) is 0 Å². The molecule has 1 saturated carbocycles. The first kappa shape index (κ1) is 14.3. The summed E-state index contributed by atoms with van der Waals surface area (Å²) >= 11 is 0. The SMILES string of the molecule is COc1ccc(C(N)=O)cc1NC(=O)C1CCC(N)C1. The molecule has 0 aromatic heterocycles. The van der Waals surface area contributed by atoms with Crippen LogP contribution in [0.1, 0.15) is 29.6 Å². The van der Waals surface area contributed by atoms with Crippen LogP contribution < -0.4 is 21.5 Å². The Kier molecular flexibility index (Phi) is 4.24. The van der Waals surface area contributed by atoms with Gasteiger partial charge in [0.1, 0.15) is 5.75 Å². The van der Waals surface area contributed by atoms with E-state index in [1.54, 1.807) is 12.1 Å². The molecule has 6 nitrogen and oxygen atoms in total. The largest absolute Gasteiger partial charge is 0.495 e. The third kappa shape index (κ3) is 3.08. The molecule has 0 bridgehead atoms. The van der Waals surface area contributed by atoms with Gasteiger partial charge in [0.25, 0.3) is 0 Å². The monoisotopic (exact) mass is 277 g/mol. The van der Waals surface area contributed by atoms with Gasteiger partial charge in [0.05, 0.1) is 12.8 Å². The van der Waals surface area contributed by atoms with Gasteiger partial charge < -0.3 is 21.5 Å². The van der Waals surface area contributed by atoms with Crippen LogP contribution in [0, 0.1) is 5.92 Å². The van der Waals surface area contributed by atoms with Crippen LogP contribution in [0.25, 0.3) is 0 Å². The summed E-state index contributed by atoms with van der Waals surface area (Å²) in [6.07, 6.45) is 2.32. The lowest BCUT2D eigenvalue weighted by atomic mass is 10.1. The zero-order chi connectivity index (χ0) is 14.7. The van der Waals surface area contributed by atoms with Gasteiger partial charge in [-0.05, 0) is 37.5 Å². The number of hydrogen-bond donors (Lipinski definition) is 3. The molecule has 2 atom stereocenters. The maximum Gasteiger partial charge on any atom is 0.248 e. The maximum atomic E-state index is 12.2. The summed E-state index contributed by atoms with van der Waals surface area (Å²) < 4.78 is 5.17. The number of primary amides is 1. The average molecular weight is 277 g/mol. The highest BCUT2D eigenvalue weighted by molar-refractivity contribution is 5.98. The molecule has 20 heavy (non-hydrogen) atoms. The van der Waals surface area contributed by atoms with Crippen molar-refractivity contribution in [2.75, 3.05) is 12.4 Å². The summed E-state index contributed by atoms with van der Waals surface area (Å²) in [6.45, 7) is 0. The number of methoxy groups -OCH3 is 1. The van der Waals surface area contributed by atoms with Gasteiger partial charge in [0.2, 0.25) is 11.8 Å². The normalized spacial score (nSPS) is 21.5. The van der Waals surface area contributed by atoms with Crippen LogP contribution in [0.3, 0.4) is 0 Å². The number of carbonyl (C=O) groups excluding carboxylic acids is 2. The van der Waals surface area contributed by atoms with Gasteiger partial charge >= 0.3 is 0 Å². The Balaban J connectivity index is 2.16. The first-order chi connectivity index (χ1) is 9.51.